The van der Waals surface area contributed by atoms with Crippen molar-refractivity contribution in [1.82, 2.24) is 4.98 Å². The molecule has 1 aromatic heterocycles. The highest BCUT2D eigenvalue weighted by molar-refractivity contribution is 5.59. The highest BCUT2D eigenvalue weighted by atomic mass is 16.3. The molecule has 0 saturated carbocycles. The Labute approximate surface area is 98.9 Å². The summed E-state index contributed by atoms with van der Waals surface area (Å²) in [7, 11) is 1.78. The van der Waals surface area contributed by atoms with Crippen molar-refractivity contribution in [2.24, 2.45) is 10.2 Å². The lowest BCUT2D eigenvalue weighted by atomic mass is 10.2. The summed E-state index contributed by atoms with van der Waals surface area (Å²) in [6, 6.07) is 10.5. The van der Waals surface area contributed by atoms with Crippen LogP contribution in [0.5, 0.6) is 5.75 Å². The zero-order chi connectivity index (χ0) is 12.1. The van der Waals surface area contributed by atoms with E-state index in [-0.39, 0.29) is 5.75 Å². The highest BCUT2D eigenvalue weighted by Crippen LogP contribution is 2.30. The van der Waals surface area contributed by atoms with Crippen molar-refractivity contribution in [3.8, 4) is 5.75 Å². The van der Waals surface area contributed by atoms with Crippen molar-refractivity contribution < 1.29 is 5.11 Å². The lowest BCUT2D eigenvalue weighted by Gasteiger charge is -2.02. The summed E-state index contributed by atoms with van der Waals surface area (Å²) in [6.07, 6.45) is 1.64. The van der Waals surface area contributed by atoms with Crippen LogP contribution in [-0.4, -0.2) is 17.1 Å². The maximum absolute atomic E-state index is 9.69. The number of nitrogens with one attached hydrogen (secondary N) is 1. The van der Waals surface area contributed by atoms with E-state index >= 15 is 0 Å². The van der Waals surface area contributed by atoms with Gasteiger partial charge < -0.3 is 10.4 Å². The van der Waals surface area contributed by atoms with Crippen LogP contribution in [0.2, 0.25) is 0 Å². The van der Waals surface area contributed by atoms with E-state index in [0.29, 0.717) is 11.5 Å². The molecule has 0 atom stereocenters. The van der Waals surface area contributed by atoms with Gasteiger partial charge in [-0.1, -0.05) is 6.07 Å². The summed E-state index contributed by atoms with van der Waals surface area (Å²) >= 11 is 0. The largest absolute Gasteiger partial charge is 0.506 e. The van der Waals surface area contributed by atoms with E-state index in [1.165, 1.54) is 0 Å². The smallest absolute Gasteiger partial charge is 0.174 e. The van der Waals surface area contributed by atoms with Crippen molar-refractivity contribution >= 4 is 17.2 Å². The number of benzene rings is 1. The molecule has 0 spiro atoms. The third kappa shape index (κ3) is 2.78. The fourth-order valence-corrected chi connectivity index (χ4v) is 1.28. The second-order valence-electron chi connectivity index (χ2n) is 3.34. The lowest BCUT2D eigenvalue weighted by Crippen LogP contribution is -1.85. The summed E-state index contributed by atoms with van der Waals surface area (Å²) in [4.78, 5) is 4.00. The fraction of sp³-hybridized carbons (Fsp3) is 0.0833. The van der Waals surface area contributed by atoms with Crippen molar-refractivity contribution in [3.05, 3.63) is 42.6 Å². The van der Waals surface area contributed by atoms with Crippen LogP contribution in [0.3, 0.4) is 0 Å². The molecule has 0 saturated heterocycles. The van der Waals surface area contributed by atoms with Crippen molar-refractivity contribution in [2.45, 2.75) is 0 Å². The third-order valence-electron chi connectivity index (χ3n) is 2.17. The van der Waals surface area contributed by atoms with Gasteiger partial charge in [0, 0.05) is 25.0 Å². The Hall–Kier alpha value is -2.43. The minimum absolute atomic E-state index is 0.0801. The number of hydrogen-bond donors (Lipinski definition) is 2. The topological polar surface area (TPSA) is 69.9 Å². The van der Waals surface area contributed by atoms with E-state index in [9.17, 15) is 5.11 Å². The molecule has 5 nitrogen and oxygen atoms in total. The molecule has 1 aromatic carbocycles. The molecule has 0 radical (unpaired) electrons. The quantitative estimate of drug-likeness (QED) is 0.792. The summed E-state index contributed by atoms with van der Waals surface area (Å²) in [5.41, 5.74) is 1.23. The van der Waals surface area contributed by atoms with Gasteiger partial charge in [0.05, 0.1) is 0 Å². The summed E-state index contributed by atoms with van der Waals surface area (Å²) in [5, 5.41) is 20.5. The predicted octanol–water partition coefficient (Wildman–Crippen LogP) is 3.24. The van der Waals surface area contributed by atoms with Gasteiger partial charge in [-0.3, -0.25) is 0 Å². The normalized spacial score (nSPS) is 10.6. The van der Waals surface area contributed by atoms with Gasteiger partial charge >= 0.3 is 0 Å². The Morgan fingerprint density at radius 3 is 2.71 bits per heavy atom. The summed E-state index contributed by atoms with van der Waals surface area (Å²) in [6.45, 7) is 0. The maximum atomic E-state index is 9.69. The van der Waals surface area contributed by atoms with E-state index in [1.54, 1.807) is 37.5 Å². The molecular weight excluding hydrogens is 216 g/mol. The third-order valence-corrected chi connectivity index (χ3v) is 2.17. The van der Waals surface area contributed by atoms with Crippen LogP contribution < -0.4 is 5.32 Å². The van der Waals surface area contributed by atoms with Crippen LogP contribution in [0.15, 0.2) is 52.8 Å². The maximum Gasteiger partial charge on any atom is 0.174 e. The first kappa shape index (κ1) is 11.1. The number of rotatable bonds is 3. The van der Waals surface area contributed by atoms with Crippen LogP contribution >= 0.6 is 0 Å². The van der Waals surface area contributed by atoms with Crippen LogP contribution in [0.25, 0.3) is 0 Å². The Morgan fingerprint density at radius 1 is 1.18 bits per heavy atom. The van der Waals surface area contributed by atoms with Gasteiger partial charge in [0.15, 0.2) is 5.82 Å². The number of aromatic hydroxyl groups is 1. The van der Waals surface area contributed by atoms with Crippen LogP contribution in [0.4, 0.5) is 17.2 Å². The zero-order valence-electron chi connectivity index (χ0n) is 9.33. The fourth-order valence-electron chi connectivity index (χ4n) is 1.28. The molecule has 0 fully saturated rings. The van der Waals surface area contributed by atoms with Gasteiger partial charge in [0.2, 0.25) is 0 Å². The first-order valence-electron chi connectivity index (χ1n) is 5.13. The molecular formula is C12H12N4O. The predicted molar refractivity (Wildman–Crippen MR) is 66.1 cm³/mol. The lowest BCUT2D eigenvalue weighted by molar-refractivity contribution is 0.476. The molecule has 0 aliphatic carbocycles. The number of phenols is 1. The summed E-state index contributed by atoms with van der Waals surface area (Å²) in [5.74, 6) is 0.584. The number of anilines is 1. The van der Waals surface area contributed by atoms with Gasteiger partial charge in [-0.25, -0.2) is 4.98 Å². The number of pyridine rings is 1. The molecule has 0 bridgehead atoms. The second kappa shape index (κ2) is 5.07. The Bertz CT molecular complexity index is 525. The first-order valence-corrected chi connectivity index (χ1v) is 5.13. The van der Waals surface area contributed by atoms with Crippen LogP contribution in [-0.2, 0) is 0 Å². The minimum Gasteiger partial charge on any atom is -0.506 e. The van der Waals surface area contributed by atoms with E-state index in [0.717, 1.165) is 5.69 Å². The number of azo groups is 1. The first-order chi connectivity index (χ1) is 8.29. The molecule has 2 rings (SSSR count). The van der Waals surface area contributed by atoms with Crippen molar-refractivity contribution in [1.29, 1.82) is 0 Å². The van der Waals surface area contributed by atoms with Crippen molar-refractivity contribution in [3.63, 3.8) is 0 Å². The molecule has 86 valence electrons. The van der Waals surface area contributed by atoms with Gasteiger partial charge in [-0.05, 0) is 24.3 Å². The zero-order valence-corrected chi connectivity index (χ0v) is 9.33. The van der Waals surface area contributed by atoms with Crippen LogP contribution in [0, 0.1) is 0 Å². The molecule has 0 aliphatic heterocycles. The van der Waals surface area contributed by atoms with Crippen LogP contribution in [0.1, 0.15) is 0 Å². The summed E-state index contributed by atoms with van der Waals surface area (Å²) < 4.78 is 0. The Morgan fingerprint density at radius 2 is 2.06 bits per heavy atom. The average Bonchev–Trinajstić information content (AvgIpc) is 2.38. The molecule has 2 aromatic rings. The molecule has 0 aliphatic rings. The van der Waals surface area contributed by atoms with E-state index in [2.05, 4.69) is 20.5 Å². The number of hydrogen-bond acceptors (Lipinski definition) is 5. The number of nitrogens with zero attached hydrogens (tertiary/aromatic N) is 3. The van der Waals surface area contributed by atoms with Gasteiger partial charge in [0.25, 0.3) is 0 Å². The molecule has 0 unspecified atom stereocenters. The van der Waals surface area contributed by atoms with Gasteiger partial charge in [-0.2, -0.15) is 0 Å². The van der Waals surface area contributed by atoms with E-state index in [1.807, 2.05) is 12.1 Å². The monoisotopic (exact) mass is 228 g/mol. The SMILES string of the molecule is CNc1ccc(N=Nc2ccccn2)c(O)c1. The molecule has 1 heterocycles. The average molecular weight is 228 g/mol. The van der Waals surface area contributed by atoms with Gasteiger partial charge in [0.1, 0.15) is 11.4 Å². The highest BCUT2D eigenvalue weighted by Gasteiger charge is 2.00. The minimum atomic E-state index is 0.0801. The number of aromatic nitrogens is 1. The Balaban J connectivity index is 2.22. The van der Waals surface area contributed by atoms with E-state index < -0.39 is 0 Å². The molecule has 2 N–H and O–H groups in total. The second-order valence-corrected chi connectivity index (χ2v) is 3.34. The standard InChI is InChI=1S/C12H12N4O/c1-13-9-5-6-10(11(17)8-9)15-16-12-4-2-3-7-14-12/h2-8,13,17H,1H3. The molecule has 5 heteroatoms. The Kier molecular flexibility index (Phi) is 3.30. The van der Waals surface area contributed by atoms with Gasteiger partial charge in [-0.15, -0.1) is 10.2 Å². The molecule has 0 amide bonds. The number of phenolic OH excluding ortho intramolecular Hbond substituents is 1. The van der Waals surface area contributed by atoms with Crippen molar-refractivity contribution in [2.75, 3.05) is 12.4 Å². The molecule has 17 heavy (non-hydrogen) atoms. The van der Waals surface area contributed by atoms with E-state index in [4.69, 9.17) is 0 Å².